The summed E-state index contributed by atoms with van der Waals surface area (Å²) in [5.74, 6) is 0.926. The van der Waals surface area contributed by atoms with Crippen molar-refractivity contribution in [2.75, 3.05) is 18.5 Å². The van der Waals surface area contributed by atoms with E-state index in [1.807, 2.05) is 18.0 Å². The number of nitrogens with two attached hydrogens (primary N) is 1. The number of hydrogen-bond acceptors (Lipinski definition) is 4. The fraction of sp³-hybridized carbons (Fsp3) is 0.545. The molecule has 1 rings (SSSR count). The van der Waals surface area contributed by atoms with Gasteiger partial charge in [0.2, 0.25) is 0 Å². The molecule has 0 aromatic carbocycles. The van der Waals surface area contributed by atoms with Crippen LogP contribution in [0.25, 0.3) is 0 Å². The summed E-state index contributed by atoms with van der Waals surface area (Å²) in [6, 6.07) is 2.02. The summed E-state index contributed by atoms with van der Waals surface area (Å²) in [5, 5.41) is 0. The molecule has 0 saturated carbocycles. The Bertz CT molecular complexity index is 354. The largest absolute Gasteiger partial charge is 0.393 e. The molecule has 0 unspecified atom stereocenters. The monoisotopic (exact) mass is 238 g/mol. The summed E-state index contributed by atoms with van der Waals surface area (Å²) >= 11 is 4.85. The number of rotatable bonds is 6. The molecular formula is C11H18N4S. The lowest BCUT2D eigenvalue weighted by Gasteiger charge is -2.17. The molecule has 0 aliphatic carbocycles. The first-order valence-electron chi connectivity index (χ1n) is 5.44. The highest BCUT2D eigenvalue weighted by Crippen LogP contribution is 2.10. The van der Waals surface area contributed by atoms with Crippen LogP contribution in [0, 0.1) is 0 Å². The Balaban J connectivity index is 2.63. The summed E-state index contributed by atoms with van der Waals surface area (Å²) < 4.78 is 0. The van der Waals surface area contributed by atoms with Gasteiger partial charge < -0.3 is 10.6 Å². The third-order valence-corrected chi connectivity index (χ3v) is 2.50. The molecule has 0 saturated heterocycles. The van der Waals surface area contributed by atoms with E-state index in [2.05, 4.69) is 16.9 Å². The van der Waals surface area contributed by atoms with Gasteiger partial charge in [0.05, 0.1) is 4.99 Å². The molecule has 0 aliphatic heterocycles. The number of aromatic nitrogens is 2. The Morgan fingerprint density at radius 1 is 1.50 bits per heavy atom. The SMILES string of the molecule is CCCc1cc(N(C)CCC(N)=S)ncn1. The Morgan fingerprint density at radius 2 is 2.25 bits per heavy atom. The number of aryl methyl sites for hydroxylation is 1. The van der Waals surface area contributed by atoms with Crippen molar-refractivity contribution in [1.29, 1.82) is 0 Å². The standard InChI is InChI=1S/C11H18N4S/c1-3-4-9-7-11(14-8-13-9)15(2)6-5-10(12)16/h7-8H,3-6H2,1-2H3,(H2,12,16). The van der Waals surface area contributed by atoms with Crippen LogP contribution in [0.1, 0.15) is 25.5 Å². The van der Waals surface area contributed by atoms with Gasteiger partial charge in [-0.1, -0.05) is 25.6 Å². The second kappa shape index (κ2) is 6.37. The molecule has 16 heavy (non-hydrogen) atoms. The van der Waals surface area contributed by atoms with Crippen LogP contribution >= 0.6 is 12.2 Å². The van der Waals surface area contributed by atoms with Gasteiger partial charge in [-0.25, -0.2) is 9.97 Å². The van der Waals surface area contributed by atoms with Crippen LogP contribution in [-0.2, 0) is 6.42 Å². The molecule has 0 amide bonds. The van der Waals surface area contributed by atoms with Gasteiger partial charge in [0.1, 0.15) is 12.1 Å². The fourth-order valence-corrected chi connectivity index (χ4v) is 1.47. The predicted octanol–water partition coefficient (Wildman–Crippen LogP) is 1.54. The number of anilines is 1. The van der Waals surface area contributed by atoms with E-state index in [9.17, 15) is 0 Å². The van der Waals surface area contributed by atoms with Gasteiger partial charge in [-0.3, -0.25) is 0 Å². The van der Waals surface area contributed by atoms with Crippen LogP contribution in [0.3, 0.4) is 0 Å². The van der Waals surface area contributed by atoms with Gasteiger partial charge in [-0.15, -0.1) is 0 Å². The third kappa shape index (κ3) is 4.10. The average molecular weight is 238 g/mol. The second-order valence-electron chi connectivity index (χ2n) is 3.76. The molecule has 1 heterocycles. The molecule has 0 aliphatic rings. The maximum atomic E-state index is 5.47. The Hall–Kier alpha value is -1.23. The molecule has 0 bridgehead atoms. The van der Waals surface area contributed by atoms with Crippen molar-refractivity contribution in [3.63, 3.8) is 0 Å². The molecule has 4 nitrogen and oxygen atoms in total. The number of nitrogens with zero attached hydrogens (tertiary/aromatic N) is 3. The lowest BCUT2D eigenvalue weighted by Crippen LogP contribution is -2.24. The lowest BCUT2D eigenvalue weighted by molar-refractivity contribution is 0.848. The van der Waals surface area contributed by atoms with E-state index in [1.165, 1.54) is 0 Å². The van der Waals surface area contributed by atoms with E-state index in [-0.39, 0.29) is 0 Å². The van der Waals surface area contributed by atoms with Crippen molar-refractivity contribution in [1.82, 2.24) is 9.97 Å². The average Bonchev–Trinajstić information content (AvgIpc) is 2.26. The minimum atomic E-state index is 0.537. The van der Waals surface area contributed by atoms with E-state index in [0.29, 0.717) is 11.4 Å². The zero-order valence-corrected chi connectivity index (χ0v) is 10.6. The molecule has 1 aromatic heterocycles. The summed E-state index contributed by atoms with van der Waals surface area (Å²) in [4.78, 5) is 11.0. The van der Waals surface area contributed by atoms with Gasteiger partial charge in [-0.2, -0.15) is 0 Å². The summed E-state index contributed by atoms with van der Waals surface area (Å²) in [7, 11) is 1.98. The highest BCUT2D eigenvalue weighted by atomic mass is 32.1. The quantitative estimate of drug-likeness (QED) is 0.762. The first-order valence-corrected chi connectivity index (χ1v) is 5.84. The minimum Gasteiger partial charge on any atom is -0.393 e. The molecule has 2 N–H and O–H groups in total. The molecule has 1 aromatic rings. The molecule has 88 valence electrons. The smallest absolute Gasteiger partial charge is 0.131 e. The van der Waals surface area contributed by atoms with Gasteiger partial charge in [0.25, 0.3) is 0 Å². The molecule has 0 radical (unpaired) electrons. The van der Waals surface area contributed by atoms with Crippen molar-refractivity contribution in [3.05, 3.63) is 18.1 Å². The van der Waals surface area contributed by atoms with Crippen molar-refractivity contribution in [2.24, 2.45) is 5.73 Å². The summed E-state index contributed by atoms with van der Waals surface area (Å²) in [5.41, 5.74) is 6.55. The van der Waals surface area contributed by atoms with Gasteiger partial charge in [-0.05, 0) is 6.42 Å². The zero-order chi connectivity index (χ0) is 12.0. The van der Waals surface area contributed by atoms with E-state index in [1.54, 1.807) is 6.33 Å². The summed E-state index contributed by atoms with van der Waals surface area (Å²) in [6.45, 7) is 2.93. The van der Waals surface area contributed by atoms with Gasteiger partial charge in [0.15, 0.2) is 0 Å². The zero-order valence-electron chi connectivity index (χ0n) is 9.81. The lowest BCUT2D eigenvalue weighted by atomic mass is 10.2. The van der Waals surface area contributed by atoms with E-state index < -0.39 is 0 Å². The number of hydrogen-bond donors (Lipinski definition) is 1. The van der Waals surface area contributed by atoms with Crippen LogP contribution in [0.5, 0.6) is 0 Å². The summed E-state index contributed by atoms with van der Waals surface area (Å²) in [6.07, 6.45) is 4.39. The normalized spacial score (nSPS) is 10.1. The predicted molar refractivity (Wildman–Crippen MR) is 70.7 cm³/mol. The Labute approximate surface area is 102 Å². The highest BCUT2D eigenvalue weighted by molar-refractivity contribution is 7.80. The fourth-order valence-electron chi connectivity index (χ4n) is 1.38. The Kier molecular flexibility index (Phi) is 5.11. The van der Waals surface area contributed by atoms with Crippen LogP contribution in [-0.4, -0.2) is 28.5 Å². The number of thiocarbonyl (C=S) groups is 1. The Morgan fingerprint density at radius 3 is 2.88 bits per heavy atom. The topological polar surface area (TPSA) is 55.0 Å². The van der Waals surface area contributed by atoms with Crippen molar-refractivity contribution in [2.45, 2.75) is 26.2 Å². The van der Waals surface area contributed by atoms with E-state index >= 15 is 0 Å². The second-order valence-corrected chi connectivity index (χ2v) is 4.28. The minimum absolute atomic E-state index is 0.537. The van der Waals surface area contributed by atoms with Crippen LogP contribution in [0.15, 0.2) is 12.4 Å². The van der Waals surface area contributed by atoms with Crippen molar-refractivity contribution < 1.29 is 0 Å². The molecular weight excluding hydrogens is 220 g/mol. The molecule has 0 fully saturated rings. The maximum absolute atomic E-state index is 5.47. The third-order valence-electron chi connectivity index (χ3n) is 2.30. The van der Waals surface area contributed by atoms with E-state index in [4.69, 9.17) is 18.0 Å². The van der Waals surface area contributed by atoms with Crippen molar-refractivity contribution in [3.8, 4) is 0 Å². The van der Waals surface area contributed by atoms with Crippen LogP contribution in [0.2, 0.25) is 0 Å². The van der Waals surface area contributed by atoms with Gasteiger partial charge >= 0.3 is 0 Å². The highest BCUT2D eigenvalue weighted by Gasteiger charge is 2.04. The molecule has 0 atom stereocenters. The molecule has 5 heteroatoms. The first-order chi connectivity index (χ1) is 7.63. The maximum Gasteiger partial charge on any atom is 0.131 e. The van der Waals surface area contributed by atoms with Crippen LogP contribution in [0.4, 0.5) is 5.82 Å². The first kappa shape index (κ1) is 12.8. The van der Waals surface area contributed by atoms with E-state index in [0.717, 1.165) is 30.9 Å². The van der Waals surface area contributed by atoms with Gasteiger partial charge in [0, 0.05) is 31.8 Å². The van der Waals surface area contributed by atoms with Crippen LogP contribution < -0.4 is 10.6 Å². The van der Waals surface area contributed by atoms with Crippen molar-refractivity contribution >= 4 is 23.0 Å². The molecule has 0 spiro atoms.